The third-order valence-corrected chi connectivity index (χ3v) is 3.06. The van der Waals surface area contributed by atoms with Crippen LogP contribution in [0.1, 0.15) is 21.9 Å². The normalized spacial score (nSPS) is 10.7. The molecule has 2 heterocycles. The Bertz CT molecular complexity index is 527. The van der Waals surface area contributed by atoms with Crippen molar-refractivity contribution >= 4 is 17.9 Å². The lowest BCUT2D eigenvalue weighted by atomic mass is 10.3. The molecular weight excluding hydrogens is 226 g/mol. The zero-order chi connectivity index (χ0) is 11.7. The molecule has 0 radical (unpaired) electrons. The molecule has 0 N–H and O–H groups in total. The van der Waals surface area contributed by atoms with E-state index in [0.29, 0.717) is 17.3 Å². The summed E-state index contributed by atoms with van der Waals surface area (Å²) in [4.78, 5) is 10.8. The molecule has 0 saturated carbocycles. The highest BCUT2D eigenvalue weighted by Crippen LogP contribution is 2.20. The van der Waals surface area contributed by atoms with Crippen LogP contribution >= 0.6 is 11.6 Å². The van der Waals surface area contributed by atoms with Crippen LogP contribution < -0.4 is 0 Å². The second-order valence-corrected chi connectivity index (χ2v) is 4.03. The molecule has 0 aliphatic rings. The minimum atomic E-state index is 0.553. The van der Waals surface area contributed by atoms with Crippen molar-refractivity contribution in [3.8, 4) is 0 Å². The summed E-state index contributed by atoms with van der Waals surface area (Å²) < 4.78 is 3.58. The van der Waals surface area contributed by atoms with E-state index in [1.165, 1.54) is 0 Å². The zero-order valence-electron chi connectivity index (χ0n) is 9.14. The first kappa shape index (κ1) is 11.0. The molecule has 0 spiro atoms. The van der Waals surface area contributed by atoms with Gasteiger partial charge in [-0.05, 0) is 19.1 Å². The van der Waals surface area contributed by atoms with E-state index in [9.17, 15) is 4.79 Å². The fraction of sp³-hybridized carbons (Fsp3) is 0.273. The van der Waals surface area contributed by atoms with Gasteiger partial charge in [0.1, 0.15) is 0 Å². The van der Waals surface area contributed by atoms with E-state index in [1.807, 2.05) is 30.8 Å². The van der Waals surface area contributed by atoms with E-state index < -0.39 is 0 Å². The van der Waals surface area contributed by atoms with Gasteiger partial charge >= 0.3 is 0 Å². The lowest BCUT2D eigenvalue weighted by Crippen LogP contribution is -2.07. The van der Waals surface area contributed by atoms with Crippen LogP contribution in [0.15, 0.2) is 18.3 Å². The molecule has 0 fully saturated rings. The van der Waals surface area contributed by atoms with Crippen molar-refractivity contribution in [2.75, 3.05) is 0 Å². The average Bonchev–Trinajstić information content (AvgIpc) is 2.79. The molecular formula is C11H12ClN3O. The first-order chi connectivity index (χ1) is 7.63. The molecule has 0 saturated heterocycles. The van der Waals surface area contributed by atoms with Gasteiger partial charge in [0, 0.05) is 13.2 Å². The molecule has 0 bridgehead atoms. The maximum atomic E-state index is 10.8. The number of rotatable bonds is 3. The Balaban J connectivity index is 2.37. The first-order valence-corrected chi connectivity index (χ1v) is 5.29. The predicted molar refractivity (Wildman–Crippen MR) is 61.9 cm³/mol. The minimum Gasteiger partial charge on any atom is -0.339 e. The third-order valence-electron chi connectivity index (χ3n) is 2.57. The van der Waals surface area contributed by atoms with E-state index in [0.717, 1.165) is 17.7 Å². The van der Waals surface area contributed by atoms with Crippen molar-refractivity contribution in [3.05, 3.63) is 40.4 Å². The van der Waals surface area contributed by atoms with Crippen LogP contribution in [0.2, 0.25) is 5.02 Å². The number of halogens is 1. The summed E-state index contributed by atoms with van der Waals surface area (Å²) in [5.74, 6) is 0. The summed E-state index contributed by atoms with van der Waals surface area (Å²) in [6.45, 7) is 2.42. The Morgan fingerprint density at radius 1 is 1.56 bits per heavy atom. The van der Waals surface area contributed by atoms with E-state index in [2.05, 4.69) is 5.10 Å². The van der Waals surface area contributed by atoms with Crippen molar-refractivity contribution in [1.29, 1.82) is 0 Å². The lowest BCUT2D eigenvalue weighted by molar-refractivity contribution is 0.111. The second-order valence-electron chi connectivity index (χ2n) is 3.65. The van der Waals surface area contributed by atoms with Gasteiger partial charge < -0.3 is 4.57 Å². The molecule has 2 rings (SSSR count). The van der Waals surface area contributed by atoms with Gasteiger partial charge in [0.2, 0.25) is 0 Å². The van der Waals surface area contributed by atoms with E-state index in [-0.39, 0.29) is 0 Å². The molecule has 0 aliphatic heterocycles. The molecule has 2 aromatic heterocycles. The van der Waals surface area contributed by atoms with Crippen LogP contribution in [-0.4, -0.2) is 20.6 Å². The lowest BCUT2D eigenvalue weighted by Gasteiger charge is -2.06. The minimum absolute atomic E-state index is 0.553. The standard InChI is InChI=1S/C11H12ClN3O/c1-8-11(12)10(14(2)13-8)6-15-5-3-4-9(15)7-16/h3-5,7H,6H2,1-2H3. The van der Waals surface area contributed by atoms with Gasteiger partial charge in [0.15, 0.2) is 6.29 Å². The maximum Gasteiger partial charge on any atom is 0.166 e. The van der Waals surface area contributed by atoms with Crippen molar-refractivity contribution in [2.45, 2.75) is 13.5 Å². The van der Waals surface area contributed by atoms with Crippen molar-refractivity contribution in [3.63, 3.8) is 0 Å². The molecule has 16 heavy (non-hydrogen) atoms. The van der Waals surface area contributed by atoms with Gasteiger partial charge in [-0.25, -0.2) is 0 Å². The number of nitrogens with zero attached hydrogens (tertiary/aromatic N) is 3. The molecule has 2 aromatic rings. The van der Waals surface area contributed by atoms with E-state index in [1.54, 1.807) is 10.7 Å². The Hall–Kier alpha value is -1.55. The summed E-state index contributed by atoms with van der Waals surface area (Å²) in [6, 6.07) is 3.60. The summed E-state index contributed by atoms with van der Waals surface area (Å²) in [7, 11) is 1.85. The van der Waals surface area contributed by atoms with Crippen LogP contribution in [0, 0.1) is 6.92 Å². The summed E-state index contributed by atoms with van der Waals surface area (Å²) >= 11 is 6.14. The highest BCUT2D eigenvalue weighted by atomic mass is 35.5. The molecule has 84 valence electrons. The Labute approximate surface area is 98.4 Å². The van der Waals surface area contributed by atoms with Gasteiger partial charge in [0.25, 0.3) is 0 Å². The molecule has 5 heteroatoms. The third kappa shape index (κ3) is 1.76. The molecule has 0 amide bonds. The van der Waals surface area contributed by atoms with Crippen LogP contribution in [0.3, 0.4) is 0 Å². The molecule has 4 nitrogen and oxygen atoms in total. The Morgan fingerprint density at radius 2 is 2.31 bits per heavy atom. The highest BCUT2D eigenvalue weighted by Gasteiger charge is 2.12. The fourth-order valence-corrected chi connectivity index (χ4v) is 1.91. The predicted octanol–water partition coefficient (Wildman–Crippen LogP) is 2.04. The number of aldehydes is 1. The van der Waals surface area contributed by atoms with Gasteiger partial charge in [0.05, 0.1) is 28.6 Å². The Morgan fingerprint density at radius 3 is 2.88 bits per heavy atom. The van der Waals surface area contributed by atoms with Crippen LogP contribution in [0.4, 0.5) is 0 Å². The van der Waals surface area contributed by atoms with Crippen molar-refractivity contribution in [1.82, 2.24) is 14.3 Å². The summed E-state index contributed by atoms with van der Waals surface area (Å²) in [6.07, 6.45) is 2.68. The van der Waals surface area contributed by atoms with Gasteiger partial charge in [-0.1, -0.05) is 11.6 Å². The summed E-state index contributed by atoms with van der Waals surface area (Å²) in [5.41, 5.74) is 2.34. The number of hydrogen-bond donors (Lipinski definition) is 0. The highest BCUT2D eigenvalue weighted by molar-refractivity contribution is 6.31. The fourth-order valence-electron chi connectivity index (χ4n) is 1.69. The number of carbonyl (C=O) groups is 1. The number of aryl methyl sites for hydroxylation is 2. The first-order valence-electron chi connectivity index (χ1n) is 4.91. The largest absolute Gasteiger partial charge is 0.339 e. The van der Waals surface area contributed by atoms with Crippen LogP contribution in [0.25, 0.3) is 0 Å². The van der Waals surface area contributed by atoms with Crippen molar-refractivity contribution in [2.24, 2.45) is 7.05 Å². The maximum absolute atomic E-state index is 10.8. The quantitative estimate of drug-likeness (QED) is 0.767. The molecule has 0 atom stereocenters. The van der Waals surface area contributed by atoms with Crippen molar-refractivity contribution < 1.29 is 4.79 Å². The monoisotopic (exact) mass is 237 g/mol. The van der Waals surface area contributed by atoms with Crippen LogP contribution in [0.5, 0.6) is 0 Å². The molecule has 0 aromatic carbocycles. The number of aromatic nitrogens is 3. The Kier molecular flexibility index (Phi) is 2.83. The second kappa shape index (κ2) is 4.14. The van der Waals surface area contributed by atoms with E-state index in [4.69, 9.17) is 11.6 Å². The number of hydrogen-bond acceptors (Lipinski definition) is 2. The summed E-state index contributed by atoms with van der Waals surface area (Å²) in [5, 5.41) is 4.89. The van der Waals surface area contributed by atoms with Crippen LogP contribution in [-0.2, 0) is 13.6 Å². The molecule has 0 aliphatic carbocycles. The van der Waals surface area contributed by atoms with E-state index >= 15 is 0 Å². The number of carbonyl (C=O) groups excluding carboxylic acids is 1. The van der Waals surface area contributed by atoms with Gasteiger partial charge in [-0.15, -0.1) is 0 Å². The SMILES string of the molecule is Cc1nn(C)c(Cn2cccc2C=O)c1Cl. The van der Waals surface area contributed by atoms with Gasteiger partial charge in [-0.3, -0.25) is 9.48 Å². The average molecular weight is 238 g/mol. The zero-order valence-corrected chi connectivity index (χ0v) is 9.90. The van der Waals surface area contributed by atoms with Gasteiger partial charge in [-0.2, -0.15) is 5.10 Å². The smallest absolute Gasteiger partial charge is 0.166 e. The molecule has 0 unspecified atom stereocenters. The topological polar surface area (TPSA) is 39.8 Å².